The van der Waals surface area contributed by atoms with Crippen molar-refractivity contribution in [3.63, 3.8) is 0 Å². The number of rotatable bonds is 7. The minimum atomic E-state index is -3.61. The number of carbonyl (C=O) groups excluding carboxylic acids is 1. The number of halogens is 1. The molecule has 8 heteroatoms. The molecule has 2 aromatic carbocycles. The first-order chi connectivity index (χ1) is 14.2. The van der Waals surface area contributed by atoms with Crippen LogP contribution in [0.3, 0.4) is 0 Å². The Kier molecular flexibility index (Phi) is 6.96. The fourth-order valence-corrected chi connectivity index (χ4v) is 5.02. The Labute approximate surface area is 192 Å². The van der Waals surface area contributed by atoms with Crippen molar-refractivity contribution in [3.8, 4) is 5.75 Å². The van der Waals surface area contributed by atoms with Crippen molar-refractivity contribution in [2.24, 2.45) is 0 Å². The number of benzene rings is 2. The molecule has 0 aliphatic carbocycles. The van der Waals surface area contributed by atoms with E-state index in [1.165, 1.54) is 0 Å². The Balaban J connectivity index is 1.84. The van der Waals surface area contributed by atoms with E-state index in [9.17, 15) is 13.2 Å². The van der Waals surface area contributed by atoms with Gasteiger partial charge in [0.15, 0.2) is 0 Å². The van der Waals surface area contributed by atoms with Crippen molar-refractivity contribution < 1.29 is 17.9 Å². The summed E-state index contributed by atoms with van der Waals surface area (Å²) in [5, 5.41) is 3.06. The molecule has 0 saturated heterocycles. The Morgan fingerprint density at radius 3 is 2.40 bits per heavy atom. The first-order valence-corrected chi connectivity index (χ1v) is 12.9. The van der Waals surface area contributed by atoms with Crippen molar-refractivity contribution in [1.82, 2.24) is 5.32 Å². The summed E-state index contributed by atoms with van der Waals surface area (Å²) in [5.41, 5.74) is 1.04. The third-order valence-corrected chi connectivity index (χ3v) is 7.48. The van der Waals surface area contributed by atoms with Gasteiger partial charge in [0.2, 0.25) is 15.9 Å². The van der Waals surface area contributed by atoms with Gasteiger partial charge >= 0.3 is 0 Å². The topological polar surface area (TPSA) is 75.7 Å². The number of carbonyl (C=O) groups is 1. The summed E-state index contributed by atoms with van der Waals surface area (Å²) in [7, 11) is -3.61. The first-order valence-electron chi connectivity index (χ1n) is 9.98. The van der Waals surface area contributed by atoms with Gasteiger partial charge in [-0.15, -0.1) is 0 Å². The molecule has 30 heavy (non-hydrogen) atoms. The molecule has 1 amide bonds. The van der Waals surface area contributed by atoms with Gasteiger partial charge in [-0.25, -0.2) is 8.42 Å². The van der Waals surface area contributed by atoms with E-state index < -0.39 is 10.0 Å². The van der Waals surface area contributed by atoms with E-state index >= 15 is 0 Å². The maximum Gasteiger partial charge on any atom is 0.241 e. The van der Waals surface area contributed by atoms with Gasteiger partial charge in [-0.3, -0.25) is 9.10 Å². The molecule has 1 atom stereocenters. The molecule has 1 heterocycles. The summed E-state index contributed by atoms with van der Waals surface area (Å²) in [6, 6.07) is 14.5. The number of fused-ring (bicyclic) bond motifs is 1. The number of sulfonamides is 1. The predicted molar refractivity (Wildman–Crippen MR) is 127 cm³/mol. The number of hydrogen-bond acceptors (Lipinski definition) is 4. The van der Waals surface area contributed by atoms with Crippen molar-refractivity contribution in [1.29, 1.82) is 0 Å². The molecule has 1 aliphatic heterocycles. The van der Waals surface area contributed by atoms with E-state index in [-0.39, 0.29) is 24.1 Å². The molecular formula is C22H27IN2O4S. The van der Waals surface area contributed by atoms with Gasteiger partial charge in [-0.1, -0.05) is 32.0 Å². The van der Waals surface area contributed by atoms with E-state index in [1.54, 1.807) is 12.1 Å². The highest BCUT2D eigenvalue weighted by atomic mass is 127. The fourth-order valence-electron chi connectivity index (χ4n) is 3.81. The molecule has 0 spiro atoms. The zero-order valence-corrected chi connectivity index (χ0v) is 20.4. The molecule has 0 aromatic heterocycles. The minimum Gasteiger partial charge on any atom is -0.487 e. The second kappa shape index (κ2) is 9.13. The Morgan fingerprint density at radius 1 is 1.17 bits per heavy atom. The average molecular weight is 542 g/mol. The van der Waals surface area contributed by atoms with Crippen LogP contribution < -0.4 is 14.4 Å². The number of amides is 1. The van der Waals surface area contributed by atoms with E-state index in [2.05, 4.69) is 41.8 Å². The van der Waals surface area contributed by atoms with Crippen molar-refractivity contribution >= 4 is 44.2 Å². The highest BCUT2D eigenvalue weighted by molar-refractivity contribution is 14.1. The lowest BCUT2D eigenvalue weighted by molar-refractivity contribution is -0.121. The normalized spacial score (nSPS) is 17.5. The second-order valence-electron chi connectivity index (χ2n) is 7.60. The molecular weight excluding hydrogens is 515 g/mol. The van der Waals surface area contributed by atoms with Crippen LogP contribution in [0, 0.1) is 3.57 Å². The molecule has 0 saturated carbocycles. The van der Waals surface area contributed by atoms with Crippen molar-refractivity contribution in [2.45, 2.75) is 44.8 Å². The summed E-state index contributed by atoms with van der Waals surface area (Å²) >= 11 is 2.15. The molecule has 3 rings (SSSR count). The number of nitrogens with zero attached hydrogens (tertiary/aromatic N) is 1. The van der Waals surface area contributed by atoms with Gasteiger partial charge in [-0.2, -0.15) is 0 Å². The zero-order chi connectivity index (χ0) is 21.9. The van der Waals surface area contributed by atoms with E-state index in [1.807, 2.05) is 36.4 Å². The standard InChI is InChI=1S/C22H27IN2O4S/c1-4-22(5-2)14-19(18-8-6-7-9-20(18)29-22)24-21(26)15-25(30(3,27)28)17-12-10-16(23)11-13-17/h6-13,19H,4-5,14-15H2,1-3H3,(H,24,26). The molecule has 2 aromatic rings. The third kappa shape index (κ3) is 5.08. The van der Waals surface area contributed by atoms with Crippen LogP contribution in [0.25, 0.3) is 0 Å². The van der Waals surface area contributed by atoms with Crippen LogP contribution in [0.1, 0.15) is 44.7 Å². The van der Waals surface area contributed by atoms with E-state index in [0.717, 1.165) is 38.3 Å². The maximum absolute atomic E-state index is 12.9. The summed E-state index contributed by atoms with van der Waals surface area (Å²) in [4.78, 5) is 12.9. The maximum atomic E-state index is 12.9. The minimum absolute atomic E-state index is 0.236. The fraction of sp³-hybridized carbons (Fsp3) is 0.409. The highest BCUT2D eigenvalue weighted by Gasteiger charge is 2.39. The molecule has 0 bridgehead atoms. The van der Waals surface area contributed by atoms with Gasteiger partial charge < -0.3 is 10.1 Å². The van der Waals surface area contributed by atoms with Crippen molar-refractivity contribution in [2.75, 3.05) is 17.1 Å². The van der Waals surface area contributed by atoms with Crippen LogP contribution >= 0.6 is 22.6 Å². The number of hydrogen-bond donors (Lipinski definition) is 1. The monoisotopic (exact) mass is 542 g/mol. The van der Waals surface area contributed by atoms with Crippen LogP contribution in [0.2, 0.25) is 0 Å². The Morgan fingerprint density at radius 2 is 1.80 bits per heavy atom. The van der Waals surface area contributed by atoms with Gasteiger partial charge in [0.1, 0.15) is 17.9 Å². The van der Waals surface area contributed by atoms with E-state index in [0.29, 0.717) is 12.1 Å². The highest BCUT2D eigenvalue weighted by Crippen LogP contribution is 2.42. The molecule has 1 unspecified atom stereocenters. The summed E-state index contributed by atoms with van der Waals surface area (Å²) in [5.74, 6) is 0.428. The number of ether oxygens (including phenoxy) is 1. The third-order valence-electron chi connectivity index (χ3n) is 5.62. The van der Waals surface area contributed by atoms with Crippen LogP contribution in [-0.2, 0) is 14.8 Å². The lowest BCUT2D eigenvalue weighted by Crippen LogP contribution is -2.47. The smallest absolute Gasteiger partial charge is 0.241 e. The first kappa shape index (κ1) is 22.9. The predicted octanol–water partition coefficient (Wildman–Crippen LogP) is 4.26. The number of para-hydroxylation sites is 1. The molecule has 162 valence electrons. The summed E-state index contributed by atoms with van der Waals surface area (Å²) in [6.45, 7) is 3.89. The number of anilines is 1. The SMILES string of the molecule is CCC1(CC)CC(NC(=O)CN(c2ccc(I)cc2)S(C)(=O)=O)c2ccccc2O1. The summed E-state index contributed by atoms with van der Waals surface area (Å²) < 4.78 is 33.1. The van der Waals surface area contributed by atoms with Crippen molar-refractivity contribution in [3.05, 3.63) is 57.7 Å². The lowest BCUT2D eigenvalue weighted by atomic mass is 9.83. The number of nitrogens with one attached hydrogen (secondary N) is 1. The Hall–Kier alpha value is -1.81. The molecule has 0 radical (unpaired) electrons. The Bertz CT molecular complexity index is 1000. The average Bonchev–Trinajstić information content (AvgIpc) is 2.72. The molecule has 1 N–H and O–H groups in total. The van der Waals surface area contributed by atoms with Crippen LogP contribution in [-0.4, -0.2) is 32.7 Å². The van der Waals surface area contributed by atoms with Gasteiger partial charge in [0.25, 0.3) is 0 Å². The lowest BCUT2D eigenvalue weighted by Gasteiger charge is -2.41. The zero-order valence-electron chi connectivity index (χ0n) is 17.4. The molecule has 0 fully saturated rings. The second-order valence-corrected chi connectivity index (χ2v) is 10.8. The van der Waals surface area contributed by atoms with Crippen LogP contribution in [0.4, 0.5) is 5.69 Å². The summed E-state index contributed by atoms with van der Waals surface area (Å²) in [6.07, 6.45) is 3.40. The van der Waals surface area contributed by atoms with Crippen LogP contribution in [0.15, 0.2) is 48.5 Å². The molecule has 1 aliphatic rings. The van der Waals surface area contributed by atoms with E-state index in [4.69, 9.17) is 4.74 Å². The van der Waals surface area contributed by atoms with Gasteiger partial charge in [0, 0.05) is 15.6 Å². The molecule has 6 nitrogen and oxygen atoms in total. The van der Waals surface area contributed by atoms with Crippen LogP contribution in [0.5, 0.6) is 5.75 Å². The quantitative estimate of drug-likeness (QED) is 0.531. The van der Waals surface area contributed by atoms with Gasteiger partial charge in [0.05, 0.1) is 18.0 Å². The van der Waals surface area contributed by atoms with Gasteiger partial charge in [-0.05, 0) is 65.8 Å². The largest absolute Gasteiger partial charge is 0.487 e.